The molecule has 2 N–H and O–H groups in total. The van der Waals surface area contributed by atoms with E-state index in [4.69, 9.17) is 13.6 Å². The molecule has 0 saturated heterocycles. The molecular formula is C22H26N2O7S. The Labute approximate surface area is 185 Å². The van der Waals surface area contributed by atoms with Crippen molar-refractivity contribution >= 4 is 27.1 Å². The minimum atomic E-state index is -3.50. The number of fused-ring (bicyclic) bond motifs is 1. The summed E-state index contributed by atoms with van der Waals surface area (Å²) in [6.07, 6.45) is -0.154. The van der Waals surface area contributed by atoms with Gasteiger partial charge in [0, 0.05) is 24.2 Å². The molecule has 1 aromatic carbocycles. The highest BCUT2D eigenvalue weighted by atomic mass is 32.2. The molecule has 0 aliphatic carbocycles. The number of hydrogen-bond donors (Lipinski definition) is 2. The summed E-state index contributed by atoms with van der Waals surface area (Å²) in [5.74, 6) is 0.690. The molecule has 32 heavy (non-hydrogen) atoms. The number of methoxy groups -OCH3 is 1. The molecule has 172 valence electrons. The van der Waals surface area contributed by atoms with Crippen LogP contribution in [0, 0.1) is 6.92 Å². The van der Waals surface area contributed by atoms with E-state index in [0.29, 0.717) is 28.4 Å². The van der Waals surface area contributed by atoms with E-state index in [1.807, 2.05) is 0 Å². The van der Waals surface area contributed by atoms with Crippen molar-refractivity contribution in [1.29, 1.82) is 0 Å². The highest BCUT2D eigenvalue weighted by molar-refractivity contribution is 7.89. The Morgan fingerprint density at radius 1 is 1.12 bits per heavy atom. The topological polar surface area (TPSA) is 128 Å². The second-order valence-corrected chi connectivity index (χ2v) is 9.51. The molecule has 0 unspecified atom stereocenters. The van der Waals surface area contributed by atoms with Crippen LogP contribution in [0.15, 0.2) is 44.0 Å². The Kier molecular flexibility index (Phi) is 7.05. The number of sulfonamides is 1. The van der Waals surface area contributed by atoms with E-state index >= 15 is 0 Å². The highest BCUT2D eigenvalue weighted by Crippen LogP contribution is 2.34. The van der Waals surface area contributed by atoms with Gasteiger partial charge in [-0.05, 0) is 45.0 Å². The van der Waals surface area contributed by atoms with Crippen molar-refractivity contribution in [3.63, 3.8) is 0 Å². The minimum absolute atomic E-state index is 0.0212. The fourth-order valence-electron chi connectivity index (χ4n) is 3.26. The normalized spacial score (nSPS) is 11.8. The Morgan fingerprint density at radius 2 is 1.81 bits per heavy atom. The van der Waals surface area contributed by atoms with Gasteiger partial charge in [-0.1, -0.05) is 0 Å². The van der Waals surface area contributed by atoms with E-state index in [-0.39, 0.29) is 41.4 Å². The van der Waals surface area contributed by atoms with Crippen LogP contribution in [0.25, 0.3) is 22.5 Å². The molecule has 3 rings (SSSR count). The average Bonchev–Trinajstić information content (AvgIpc) is 3.05. The number of nitrogens with one attached hydrogen (secondary N) is 2. The summed E-state index contributed by atoms with van der Waals surface area (Å²) in [5, 5.41) is 2.60. The van der Waals surface area contributed by atoms with Crippen molar-refractivity contribution < 1.29 is 26.8 Å². The zero-order valence-corrected chi connectivity index (χ0v) is 19.2. The first-order valence-corrected chi connectivity index (χ1v) is 11.7. The number of amides is 1. The number of carbonyl (C=O) groups excluding carboxylic acids is 1. The molecule has 2 heterocycles. The summed E-state index contributed by atoms with van der Waals surface area (Å²) in [4.78, 5) is 25.0. The van der Waals surface area contributed by atoms with Gasteiger partial charge in [-0.15, -0.1) is 0 Å². The maximum Gasteiger partial charge on any atom is 0.228 e. The van der Waals surface area contributed by atoms with Crippen molar-refractivity contribution in [2.45, 2.75) is 33.2 Å². The Balaban J connectivity index is 1.88. The molecule has 2 aromatic heterocycles. The molecule has 0 aliphatic heterocycles. The summed E-state index contributed by atoms with van der Waals surface area (Å²) in [7, 11) is -1.95. The van der Waals surface area contributed by atoms with Crippen LogP contribution in [-0.2, 0) is 21.2 Å². The molecule has 0 fully saturated rings. The summed E-state index contributed by atoms with van der Waals surface area (Å²) in [6.45, 7) is 5.02. The first-order valence-electron chi connectivity index (χ1n) is 10.1. The van der Waals surface area contributed by atoms with Crippen LogP contribution in [-0.4, -0.2) is 39.8 Å². The molecule has 0 saturated carbocycles. The molecule has 0 bridgehead atoms. The monoisotopic (exact) mass is 462 g/mol. The van der Waals surface area contributed by atoms with E-state index in [2.05, 4.69) is 10.0 Å². The fraction of sp³-hybridized carbons (Fsp3) is 0.364. The number of aryl methyl sites for hydroxylation is 1. The lowest BCUT2D eigenvalue weighted by Gasteiger charge is -2.10. The number of ether oxygens (including phenoxy) is 1. The maximum absolute atomic E-state index is 12.6. The summed E-state index contributed by atoms with van der Waals surface area (Å²) < 4.78 is 43.1. The molecule has 3 aromatic rings. The van der Waals surface area contributed by atoms with Gasteiger partial charge in [0.25, 0.3) is 0 Å². The SMILES string of the molecule is COc1ccc(-c2oc3c(=O)cc(C)oc3c2CC(=O)NCCS(=O)(=O)NC(C)C)cc1. The smallest absolute Gasteiger partial charge is 0.228 e. The van der Waals surface area contributed by atoms with Gasteiger partial charge in [0.15, 0.2) is 5.58 Å². The predicted molar refractivity (Wildman–Crippen MR) is 120 cm³/mol. The molecule has 9 nitrogen and oxygen atoms in total. The van der Waals surface area contributed by atoms with Crippen LogP contribution in [0.1, 0.15) is 25.2 Å². The standard InChI is InChI=1S/C22H26N2O7S/c1-13(2)24-32(27,28)10-9-23-19(26)12-17-20(15-5-7-16(29-4)8-6-15)31-22-18(25)11-14(3)30-21(17)22/h5-8,11,13,24H,9-10,12H2,1-4H3,(H,23,26). The van der Waals surface area contributed by atoms with Crippen LogP contribution in [0.4, 0.5) is 0 Å². The molecule has 0 aliphatic rings. The second kappa shape index (κ2) is 9.58. The molecule has 0 atom stereocenters. The molecule has 0 radical (unpaired) electrons. The number of hydrogen-bond acceptors (Lipinski definition) is 7. The summed E-state index contributed by atoms with van der Waals surface area (Å²) in [5.41, 5.74) is 0.918. The lowest BCUT2D eigenvalue weighted by atomic mass is 10.1. The quantitative estimate of drug-likeness (QED) is 0.500. The molecular weight excluding hydrogens is 436 g/mol. The number of carbonyl (C=O) groups is 1. The third-order valence-electron chi connectivity index (χ3n) is 4.58. The van der Waals surface area contributed by atoms with Gasteiger partial charge in [-0.25, -0.2) is 13.1 Å². The van der Waals surface area contributed by atoms with E-state index in [1.165, 1.54) is 6.07 Å². The van der Waals surface area contributed by atoms with Crippen molar-refractivity contribution in [3.05, 3.63) is 51.9 Å². The number of rotatable bonds is 9. The Bertz CT molecular complexity index is 1270. The van der Waals surface area contributed by atoms with Gasteiger partial charge in [-0.2, -0.15) is 0 Å². The van der Waals surface area contributed by atoms with Crippen molar-refractivity contribution in [2.75, 3.05) is 19.4 Å². The van der Waals surface area contributed by atoms with Crippen molar-refractivity contribution in [1.82, 2.24) is 10.0 Å². The Morgan fingerprint density at radius 3 is 2.44 bits per heavy atom. The predicted octanol–water partition coefficient (Wildman–Crippen LogP) is 2.36. The van der Waals surface area contributed by atoms with Gasteiger partial charge in [0.05, 0.1) is 24.8 Å². The minimum Gasteiger partial charge on any atom is -0.497 e. The summed E-state index contributed by atoms with van der Waals surface area (Å²) in [6, 6.07) is 8.06. The van der Waals surface area contributed by atoms with E-state index in [9.17, 15) is 18.0 Å². The van der Waals surface area contributed by atoms with Crippen LogP contribution >= 0.6 is 0 Å². The maximum atomic E-state index is 12.6. The van der Waals surface area contributed by atoms with Crippen LogP contribution in [0.2, 0.25) is 0 Å². The highest BCUT2D eigenvalue weighted by Gasteiger charge is 2.23. The molecule has 0 spiro atoms. The first kappa shape index (κ1) is 23.6. The summed E-state index contributed by atoms with van der Waals surface area (Å²) >= 11 is 0. The van der Waals surface area contributed by atoms with E-state index < -0.39 is 15.9 Å². The van der Waals surface area contributed by atoms with Gasteiger partial charge in [0.2, 0.25) is 26.9 Å². The van der Waals surface area contributed by atoms with Gasteiger partial charge in [0.1, 0.15) is 17.3 Å². The van der Waals surface area contributed by atoms with Crippen molar-refractivity contribution in [2.24, 2.45) is 0 Å². The van der Waals surface area contributed by atoms with Gasteiger partial charge < -0.3 is 18.9 Å². The van der Waals surface area contributed by atoms with Crippen LogP contribution in [0.3, 0.4) is 0 Å². The third kappa shape index (κ3) is 5.57. The largest absolute Gasteiger partial charge is 0.497 e. The van der Waals surface area contributed by atoms with E-state index in [0.717, 1.165) is 0 Å². The zero-order chi connectivity index (χ0) is 23.5. The molecule has 10 heteroatoms. The van der Waals surface area contributed by atoms with Crippen LogP contribution in [0.5, 0.6) is 5.75 Å². The van der Waals surface area contributed by atoms with Gasteiger partial charge in [-0.3, -0.25) is 9.59 Å². The number of benzene rings is 1. The van der Waals surface area contributed by atoms with Crippen LogP contribution < -0.4 is 20.2 Å². The fourth-order valence-corrected chi connectivity index (χ4v) is 4.47. The lowest BCUT2D eigenvalue weighted by molar-refractivity contribution is -0.120. The molecule has 1 amide bonds. The average molecular weight is 463 g/mol. The zero-order valence-electron chi connectivity index (χ0n) is 18.4. The van der Waals surface area contributed by atoms with E-state index in [1.54, 1.807) is 52.1 Å². The third-order valence-corrected chi connectivity index (χ3v) is 6.15. The van der Waals surface area contributed by atoms with Gasteiger partial charge >= 0.3 is 0 Å². The lowest BCUT2D eigenvalue weighted by Crippen LogP contribution is -2.37. The Hall–Kier alpha value is -3.11. The van der Waals surface area contributed by atoms with Crippen molar-refractivity contribution in [3.8, 4) is 17.1 Å². The first-order chi connectivity index (χ1) is 15.1. The second-order valence-electron chi connectivity index (χ2n) is 7.64. The number of furan rings is 1.